The van der Waals surface area contributed by atoms with Crippen LogP contribution in [-0.4, -0.2) is 26.5 Å². The summed E-state index contributed by atoms with van der Waals surface area (Å²) in [6.45, 7) is 0. The number of sulfonamides is 1. The van der Waals surface area contributed by atoms with Crippen molar-refractivity contribution in [2.75, 3.05) is 11.4 Å². The molecule has 0 atom stereocenters. The number of carboxylic acids is 1. The van der Waals surface area contributed by atoms with Gasteiger partial charge in [-0.2, -0.15) is 0 Å². The van der Waals surface area contributed by atoms with E-state index in [0.29, 0.717) is 4.31 Å². The van der Waals surface area contributed by atoms with E-state index in [9.17, 15) is 17.6 Å². The van der Waals surface area contributed by atoms with E-state index in [0.717, 1.165) is 25.2 Å². The van der Waals surface area contributed by atoms with E-state index in [-0.39, 0.29) is 15.7 Å². The largest absolute Gasteiger partial charge is 0.478 e. The van der Waals surface area contributed by atoms with Gasteiger partial charge in [-0.3, -0.25) is 4.31 Å². The first-order chi connectivity index (χ1) is 10.7. The average Bonchev–Trinajstić information content (AvgIpc) is 2.49. The Morgan fingerprint density at radius 1 is 1.22 bits per heavy atom. The van der Waals surface area contributed by atoms with E-state index in [1.807, 2.05) is 0 Å². The van der Waals surface area contributed by atoms with Crippen molar-refractivity contribution in [1.29, 1.82) is 0 Å². The van der Waals surface area contributed by atoms with Gasteiger partial charge in [0, 0.05) is 7.05 Å². The van der Waals surface area contributed by atoms with Crippen LogP contribution in [0, 0.1) is 5.82 Å². The van der Waals surface area contributed by atoms with Gasteiger partial charge < -0.3 is 5.11 Å². The van der Waals surface area contributed by atoms with Crippen LogP contribution in [0.1, 0.15) is 10.4 Å². The molecule has 23 heavy (non-hydrogen) atoms. The molecule has 2 aromatic carbocycles. The zero-order valence-corrected chi connectivity index (χ0v) is 14.0. The Kier molecular flexibility index (Phi) is 4.84. The highest BCUT2D eigenvalue weighted by Gasteiger charge is 2.26. The molecule has 0 aliphatic carbocycles. The fourth-order valence-electron chi connectivity index (χ4n) is 1.86. The standard InChI is InChI=1S/C14H10Cl2FNO4S/c1-18(12-5-3-2-4-11(12)17)23(21,22)8-6-9(14(19)20)13(16)10(15)7-8/h2-7H,1H3,(H,19,20). The molecule has 0 amide bonds. The number of hydrogen-bond donors (Lipinski definition) is 1. The van der Waals surface area contributed by atoms with Crippen molar-refractivity contribution in [2.45, 2.75) is 4.90 Å². The first-order valence-electron chi connectivity index (χ1n) is 6.12. The Balaban J connectivity index is 2.61. The molecule has 2 aromatic rings. The van der Waals surface area contributed by atoms with Crippen molar-refractivity contribution < 1.29 is 22.7 Å². The van der Waals surface area contributed by atoms with Gasteiger partial charge in [-0.05, 0) is 24.3 Å². The normalized spacial score (nSPS) is 11.3. The van der Waals surface area contributed by atoms with Crippen molar-refractivity contribution >= 4 is 44.9 Å². The van der Waals surface area contributed by atoms with Gasteiger partial charge in [0.25, 0.3) is 10.0 Å². The lowest BCUT2D eigenvalue weighted by atomic mass is 10.2. The van der Waals surface area contributed by atoms with E-state index in [1.165, 1.54) is 18.2 Å². The zero-order chi connectivity index (χ0) is 17.4. The van der Waals surface area contributed by atoms with E-state index in [4.69, 9.17) is 28.3 Å². The number of halogens is 3. The third-order valence-electron chi connectivity index (χ3n) is 3.08. The summed E-state index contributed by atoms with van der Waals surface area (Å²) in [5.74, 6) is -2.17. The molecule has 0 aliphatic rings. The van der Waals surface area contributed by atoms with Crippen molar-refractivity contribution in [3.05, 3.63) is 57.8 Å². The fraction of sp³-hybridized carbons (Fsp3) is 0.0714. The molecule has 5 nitrogen and oxygen atoms in total. The molecule has 122 valence electrons. The van der Waals surface area contributed by atoms with Gasteiger partial charge in [-0.25, -0.2) is 17.6 Å². The molecule has 1 N–H and O–H groups in total. The lowest BCUT2D eigenvalue weighted by Crippen LogP contribution is -2.27. The maximum absolute atomic E-state index is 13.8. The number of carboxylic acid groups (broad SMARTS) is 1. The lowest BCUT2D eigenvalue weighted by Gasteiger charge is -2.20. The van der Waals surface area contributed by atoms with Crippen LogP contribution in [-0.2, 0) is 10.0 Å². The molecule has 0 aromatic heterocycles. The summed E-state index contributed by atoms with van der Waals surface area (Å²) in [6.07, 6.45) is 0. The number of carbonyl (C=O) groups is 1. The molecule has 0 saturated carbocycles. The summed E-state index contributed by atoms with van der Waals surface area (Å²) in [4.78, 5) is 10.7. The van der Waals surface area contributed by atoms with Gasteiger partial charge >= 0.3 is 5.97 Å². The molecular formula is C14H10Cl2FNO4S. The topological polar surface area (TPSA) is 74.7 Å². The summed E-state index contributed by atoms with van der Waals surface area (Å²) < 4.78 is 39.7. The Hall–Kier alpha value is -1.83. The molecule has 0 spiro atoms. The highest BCUT2D eigenvalue weighted by atomic mass is 35.5. The molecule has 0 bridgehead atoms. The molecule has 0 radical (unpaired) electrons. The first kappa shape index (κ1) is 17.5. The Morgan fingerprint density at radius 2 is 1.83 bits per heavy atom. The number of nitrogens with zero attached hydrogens (tertiary/aromatic N) is 1. The third-order valence-corrected chi connectivity index (χ3v) is 5.63. The van der Waals surface area contributed by atoms with Crippen LogP contribution in [0.5, 0.6) is 0 Å². The first-order valence-corrected chi connectivity index (χ1v) is 8.31. The van der Waals surface area contributed by atoms with Crippen LogP contribution in [0.25, 0.3) is 0 Å². The minimum Gasteiger partial charge on any atom is -0.478 e. The van der Waals surface area contributed by atoms with Gasteiger partial charge in [-0.15, -0.1) is 0 Å². The third kappa shape index (κ3) is 3.26. The minimum absolute atomic E-state index is 0.185. The molecular weight excluding hydrogens is 368 g/mol. The summed E-state index contributed by atoms with van der Waals surface area (Å²) in [5, 5.41) is 8.57. The molecule has 0 saturated heterocycles. The van der Waals surface area contributed by atoms with Crippen LogP contribution < -0.4 is 4.31 Å². The Bertz CT molecular complexity index is 886. The van der Waals surface area contributed by atoms with Crippen LogP contribution >= 0.6 is 23.2 Å². The van der Waals surface area contributed by atoms with Crippen LogP contribution in [0.15, 0.2) is 41.3 Å². The van der Waals surface area contributed by atoms with E-state index in [2.05, 4.69) is 0 Å². The molecule has 0 fully saturated rings. The Labute approximate surface area is 141 Å². The molecule has 2 rings (SSSR count). The molecule has 0 unspecified atom stereocenters. The van der Waals surface area contributed by atoms with E-state index in [1.54, 1.807) is 0 Å². The maximum Gasteiger partial charge on any atom is 0.337 e. The summed E-state index contributed by atoms with van der Waals surface area (Å²) in [5.41, 5.74) is -0.643. The van der Waals surface area contributed by atoms with Crippen molar-refractivity contribution in [1.82, 2.24) is 0 Å². The highest BCUT2D eigenvalue weighted by Crippen LogP contribution is 2.32. The fourth-order valence-corrected chi connectivity index (χ4v) is 3.59. The number of para-hydroxylation sites is 1. The van der Waals surface area contributed by atoms with Crippen LogP contribution in [0.2, 0.25) is 10.0 Å². The average molecular weight is 378 g/mol. The smallest absolute Gasteiger partial charge is 0.337 e. The number of aromatic carboxylic acids is 1. The van der Waals surface area contributed by atoms with Crippen molar-refractivity contribution in [3.63, 3.8) is 0 Å². The van der Waals surface area contributed by atoms with Gasteiger partial charge in [0.2, 0.25) is 0 Å². The second-order valence-electron chi connectivity index (χ2n) is 4.50. The molecule has 9 heteroatoms. The predicted molar refractivity (Wildman–Crippen MR) is 85.4 cm³/mol. The van der Waals surface area contributed by atoms with E-state index >= 15 is 0 Å². The lowest BCUT2D eigenvalue weighted by molar-refractivity contribution is 0.0697. The molecule has 0 heterocycles. The Morgan fingerprint density at radius 3 is 2.39 bits per heavy atom. The number of benzene rings is 2. The monoisotopic (exact) mass is 377 g/mol. The quantitative estimate of drug-likeness (QED) is 0.881. The second-order valence-corrected chi connectivity index (χ2v) is 7.25. The molecule has 0 aliphatic heterocycles. The van der Waals surface area contributed by atoms with Gasteiger partial charge in [0.15, 0.2) is 0 Å². The van der Waals surface area contributed by atoms with Gasteiger partial charge in [-0.1, -0.05) is 35.3 Å². The summed E-state index contributed by atoms with van der Waals surface area (Å²) in [6, 6.07) is 7.18. The van der Waals surface area contributed by atoms with Crippen LogP contribution in [0.3, 0.4) is 0 Å². The van der Waals surface area contributed by atoms with Crippen LogP contribution in [0.4, 0.5) is 10.1 Å². The highest BCUT2D eigenvalue weighted by molar-refractivity contribution is 7.92. The van der Waals surface area contributed by atoms with Crippen molar-refractivity contribution in [3.8, 4) is 0 Å². The van der Waals surface area contributed by atoms with E-state index < -0.39 is 32.3 Å². The summed E-state index contributed by atoms with van der Waals surface area (Å²) >= 11 is 11.5. The number of rotatable bonds is 4. The van der Waals surface area contributed by atoms with Gasteiger partial charge in [0.1, 0.15) is 5.82 Å². The zero-order valence-electron chi connectivity index (χ0n) is 11.6. The minimum atomic E-state index is -4.22. The van der Waals surface area contributed by atoms with Crippen molar-refractivity contribution in [2.24, 2.45) is 0 Å². The second kappa shape index (κ2) is 6.35. The van der Waals surface area contributed by atoms with Gasteiger partial charge in [0.05, 0.1) is 26.2 Å². The SMILES string of the molecule is CN(c1ccccc1F)S(=O)(=O)c1cc(Cl)c(Cl)c(C(=O)O)c1. The summed E-state index contributed by atoms with van der Waals surface area (Å²) in [7, 11) is -3.07. The number of hydrogen-bond acceptors (Lipinski definition) is 3. The predicted octanol–water partition coefficient (Wildman–Crippen LogP) is 3.66. The number of anilines is 1. The maximum atomic E-state index is 13.8.